The third-order valence-electron chi connectivity index (χ3n) is 7.61. The van der Waals surface area contributed by atoms with Gasteiger partial charge in [-0.05, 0) is 74.3 Å². The fourth-order valence-corrected chi connectivity index (χ4v) is 6.05. The number of pyridine rings is 1. The Morgan fingerprint density at radius 2 is 1.76 bits per heavy atom. The zero-order valence-electron chi connectivity index (χ0n) is 19.0. The van der Waals surface area contributed by atoms with Crippen molar-refractivity contribution < 1.29 is 4.79 Å². The molecule has 6 heteroatoms. The number of fused-ring (bicyclic) bond motifs is 3. The second-order valence-corrected chi connectivity index (χ2v) is 9.59. The first-order chi connectivity index (χ1) is 16.2. The monoisotopic (exact) mass is 439 g/mol. The molecule has 1 amide bonds. The van der Waals surface area contributed by atoms with Crippen molar-refractivity contribution in [3.8, 4) is 0 Å². The molecule has 2 saturated heterocycles. The summed E-state index contributed by atoms with van der Waals surface area (Å²) in [4.78, 5) is 20.3. The van der Waals surface area contributed by atoms with E-state index < -0.39 is 0 Å². The molecule has 0 radical (unpaired) electrons. The number of hydrogen-bond donors (Lipinski definition) is 0. The fraction of sp³-hybridized carbons (Fsp3) is 0.370. The molecule has 6 nitrogen and oxygen atoms in total. The maximum atomic E-state index is 13.8. The minimum Gasteiger partial charge on any atom is -0.333 e. The van der Waals surface area contributed by atoms with Gasteiger partial charge < -0.3 is 9.47 Å². The van der Waals surface area contributed by atoms with Crippen molar-refractivity contribution in [3.05, 3.63) is 89.8 Å². The van der Waals surface area contributed by atoms with Crippen LogP contribution < -0.4 is 0 Å². The summed E-state index contributed by atoms with van der Waals surface area (Å²) in [6.45, 7) is 2.68. The van der Waals surface area contributed by atoms with E-state index in [9.17, 15) is 4.79 Å². The molecule has 0 spiro atoms. The van der Waals surface area contributed by atoms with E-state index in [0.717, 1.165) is 49.1 Å². The molecule has 2 bridgehead atoms. The summed E-state index contributed by atoms with van der Waals surface area (Å²) in [7, 11) is 0. The summed E-state index contributed by atoms with van der Waals surface area (Å²) in [6.07, 6.45) is 13.1. The van der Waals surface area contributed by atoms with E-state index in [2.05, 4.69) is 43.8 Å². The van der Waals surface area contributed by atoms with Crippen molar-refractivity contribution in [3.63, 3.8) is 0 Å². The van der Waals surface area contributed by atoms with Gasteiger partial charge in [0.25, 0.3) is 5.91 Å². The Balaban J connectivity index is 1.21. The summed E-state index contributed by atoms with van der Waals surface area (Å²) < 4.78 is 4.06. The highest BCUT2D eigenvalue weighted by molar-refractivity contribution is 5.96. The molecule has 2 aliphatic rings. The Morgan fingerprint density at radius 1 is 0.970 bits per heavy atom. The number of carbonyl (C=O) groups is 1. The maximum absolute atomic E-state index is 13.8. The van der Waals surface area contributed by atoms with Crippen molar-refractivity contribution in [1.29, 1.82) is 0 Å². The zero-order chi connectivity index (χ0) is 22.4. The second-order valence-electron chi connectivity index (χ2n) is 9.59. The number of rotatable bonds is 5. The number of imidazole rings is 1. The third kappa shape index (κ3) is 3.63. The standard InChI is InChI=1S/C27H29N5O/c1-19-28-12-14-30(19)18-22-5-2-3-7-25(22)27(33)32-23-8-9-24(32)17-20(16-23)15-21-6-4-13-31-26(21)10-11-29-31/h2-7,10-14,20,23-24H,8-9,15-18H2,1H3. The number of carbonyl (C=O) groups excluding carboxylic acids is 1. The van der Waals surface area contributed by atoms with Crippen molar-refractivity contribution in [1.82, 2.24) is 24.1 Å². The number of aromatic nitrogens is 4. The van der Waals surface area contributed by atoms with Crippen LogP contribution in [0.2, 0.25) is 0 Å². The first-order valence-electron chi connectivity index (χ1n) is 12.0. The number of aryl methyl sites for hydroxylation is 1. The van der Waals surface area contributed by atoms with E-state index in [1.54, 1.807) is 0 Å². The van der Waals surface area contributed by atoms with Crippen molar-refractivity contribution in [2.45, 2.75) is 57.7 Å². The molecule has 2 aliphatic heterocycles. The Labute approximate surface area is 193 Å². The van der Waals surface area contributed by atoms with Crippen LogP contribution in [0.5, 0.6) is 0 Å². The van der Waals surface area contributed by atoms with Crippen LogP contribution in [0.15, 0.2) is 67.3 Å². The van der Waals surface area contributed by atoms with Gasteiger partial charge in [-0.1, -0.05) is 24.3 Å². The Hall–Kier alpha value is -3.41. The van der Waals surface area contributed by atoms with Crippen LogP contribution in [0.3, 0.4) is 0 Å². The van der Waals surface area contributed by atoms with E-state index in [1.165, 1.54) is 11.1 Å². The highest BCUT2D eigenvalue weighted by Gasteiger charge is 2.43. The highest BCUT2D eigenvalue weighted by atomic mass is 16.2. The summed E-state index contributed by atoms with van der Waals surface area (Å²) in [5.74, 6) is 1.77. The number of amides is 1. The van der Waals surface area contributed by atoms with Crippen molar-refractivity contribution in [2.75, 3.05) is 0 Å². The predicted molar refractivity (Wildman–Crippen MR) is 127 cm³/mol. The van der Waals surface area contributed by atoms with Crippen molar-refractivity contribution >= 4 is 11.4 Å². The molecule has 6 rings (SSSR count). The average Bonchev–Trinajstić information content (AvgIpc) is 3.53. The van der Waals surface area contributed by atoms with Crippen LogP contribution in [0.1, 0.15) is 53.0 Å². The van der Waals surface area contributed by atoms with Gasteiger partial charge in [0.05, 0.1) is 5.52 Å². The molecule has 0 saturated carbocycles. The van der Waals surface area contributed by atoms with Crippen LogP contribution in [-0.2, 0) is 13.0 Å². The summed E-state index contributed by atoms with van der Waals surface area (Å²) in [6, 6.07) is 15.2. The van der Waals surface area contributed by atoms with Gasteiger partial charge >= 0.3 is 0 Å². The van der Waals surface area contributed by atoms with Crippen molar-refractivity contribution in [2.24, 2.45) is 5.92 Å². The molecule has 5 heterocycles. The number of benzene rings is 1. The van der Waals surface area contributed by atoms with Crippen LogP contribution in [0.4, 0.5) is 0 Å². The molecule has 168 valence electrons. The molecule has 3 aromatic heterocycles. The maximum Gasteiger partial charge on any atom is 0.254 e. The van der Waals surface area contributed by atoms with Gasteiger partial charge in [-0.25, -0.2) is 9.50 Å². The summed E-state index contributed by atoms with van der Waals surface area (Å²) in [5, 5.41) is 4.38. The van der Waals surface area contributed by atoms with Gasteiger partial charge in [0, 0.05) is 49.0 Å². The van der Waals surface area contributed by atoms with E-state index in [-0.39, 0.29) is 5.91 Å². The topological polar surface area (TPSA) is 55.4 Å². The van der Waals surface area contributed by atoms with Gasteiger partial charge in [0.1, 0.15) is 5.82 Å². The number of nitrogens with zero attached hydrogens (tertiary/aromatic N) is 5. The predicted octanol–water partition coefficient (Wildman–Crippen LogP) is 4.51. The number of piperidine rings is 1. The Bertz CT molecular complexity index is 1290. The van der Waals surface area contributed by atoms with Gasteiger partial charge in [-0.2, -0.15) is 5.10 Å². The normalized spacial score (nSPS) is 22.2. The Kier molecular flexibility index (Phi) is 5.01. The molecule has 33 heavy (non-hydrogen) atoms. The van der Waals surface area contributed by atoms with E-state index in [0.29, 0.717) is 24.5 Å². The van der Waals surface area contributed by atoms with Gasteiger partial charge in [-0.15, -0.1) is 0 Å². The van der Waals surface area contributed by atoms with Crippen LogP contribution in [0, 0.1) is 12.8 Å². The molecule has 2 unspecified atom stereocenters. The lowest BCUT2D eigenvalue weighted by Gasteiger charge is -2.39. The molecule has 1 aromatic carbocycles. The fourth-order valence-electron chi connectivity index (χ4n) is 6.05. The number of hydrogen-bond acceptors (Lipinski definition) is 3. The summed E-state index contributed by atoms with van der Waals surface area (Å²) in [5.41, 5.74) is 4.47. The highest BCUT2D eigenvalue weighted by Crippen LogP contribution is 2.41. The van der Waals surface area contributed by atoms with E-state index in [4.69, 9.17) is 0 Å². The molecular formula is C27H29N5O. The minimum absolute atomic E-state index is 0.201. The second kappa shape index (κ2) is 8.18. The SMILES string of the molecule is Cc1nccn1Cc1ccccc1C(=O)N1C2CCC1CC(Cc1cccn3nccc13)C2. The van der Waals surface area contributed by atoms with E-state index >= 15 is 0 Å². The molecular weight excluding hydrogens is 410 g/mol. The molecule has 4 aromatic rings. The third-order valence-corrected chi connectivity index (χ3v) is 7.61. The summed E-state index contributed by atoms with van der Waals surface area (Å²) >= 11 is 0. The Morgan fingerprint density at radius 3 is 2.55 bits per heavy atom. The zero-order valence-corrected chi connectivity index (χ0v) is 19.0. The van der Waals surface area contributed by atoms with Gasteiger partial charge in [0.2, 0.25) is 0 Å². The largest absolute Gasteiger partial charge is 0.333 e. The quantitative estimate of drug-likeness (QED) is 0.460. The minimum atomic E-state index is 0.201. The molecule has 2 atom stereocenters. The van der Waals surface area contributed by atoms with Crippen LogP contribution in [-0.4, -0.2) is 42.1 Å². The first-order valence-corrected chi connectivity index (χ1v) is 12.0. The van der Waals surface area contributed by atoms with E-state index in [1.807, 2.05) is 54.4 Å². The van der Waals surface area contributed by atoms with Crippen LogP contribution >= 0.6 is 0 Å². The lowest BCUT2D eigenvalue weighted by molar-refractivity contribution is 0.0523. The smallest absolute Gasteiger partial charge is 0.254 e. The lowest BCUT2D eigenvalue weighted by atomic mass is 9.85. The van der Waals surface area contributed by atoms with Crippen LogP contribution in [0.25, 0.3) is 5.52 Å². The van der Waals surface area contributed by atoms with Gasteiger partial charge in [0.15, 0.2) is 0 Å². The average molecular weight is 440 g/mol. The molecule has 0 N–H and O–H groups in total. The lowest BCUT2D eigenvalue weighted by Crippen LogP contribution is -2.47. The first kappa shape index (κ1) is 20.2. The molecule has 2 fully saturated rings. The van der Waals surface area contributed by atoms with Gasteiger partial charge in [-0.3, -0.25) is 4.79 Å². The molecule has 0 aliphatic carbocycles.